The minimum absolute atomic E-state index is 0.0207. The van der Waals surface area contributed by atoms with Crippen molar-refractivity contribution in [2.24, 2.45) is 0 Å². The van der Waals surface area contributed by atoms with Crippen LogP contribution in [0.3, 0.4) is 0 Å². The van der Waals surface area contributed by atoms with E-state index in [-0.39, 0.29) is 28.8 Å². The molecule has 190 valence electrons. The zero-order valence-corrected chi connectivity index (χ0v) is 21.8. The molecule has 0 saturated heterocycles. The Morgan fingerprint density at radius 2 is 1.58 bits per heavy atom. The summed E-state index contributed by atoms with van der Waals surface area (Å²) < 4.78 is 33.9. The number of para-hydroxylation sites is 2. The number of methoxy groups -OCH3 is 1. The number of rotatable bonds is 10. The van der Waals surface area contributed by atoms with E-state index in [9.17, 15) is 18.0 Å². The van der Waals surface area contributed by atoms with Gasteiger partial charge in [-0.25, -0.2) is 8.42 Å². The van der Waals surface area contributed by atoms with E-state index in [1.165, 1.54) is 31.2 Å². The largest absolute Gasteiger partial charge is 0.495 e. The lowest BCUT2D eigenvalue weighted by Crippen LogP contribution is -2.50. The first kappa shape index (κ1) is 27.0. The summed E-state index contributed by atoms with van der Waals surface area (Å²) in [5.41, 5.74) is 0.939. The fraction of sp³-hybridized carbons (Fsp3) is 0.231. The van der Waals surface area contributed by atoms with E-state index in [4.69, 9.17) is 16.3 Å². The standard InChI is InChI=1S/C26H28ClN3O5S/c1-19(26(32)28-2)29(17-20-13-15-21(27)16-14-20)25(31)18-30(23-11-7-8-12-24(23)35-3)36(33,34)22-9-5-4-6-10-22/h4-16,19H,17-18H2,1-3H3,(H,28,32)/t19-/m1/s1. The first-order valence-corrected chi connectivity index (χ1v) is 13.0. The molecule has 0 aromatic heterocycles. The van der Waals surface area contributed by atoms with Gasteiger partial charge in [0.1, 0.15) is 18.3 Å². The van der Waals surface area contributed by atoms with Gasteiger partial charge in [0.05, 0.1) is 17.7 Å². The van der Waals surface area contributed by atoms with E-state index in [1.54, 1.807) is 73.7 Å². The predicted molar refractivity (Wildman–Crippen MR) is 139 cm³/mol. The molecule has 0 heterocycles. The van der Waals surface area contributed by atoms with Crippen molar-refractivity contribution in [3.8, 4) is 5.75 Å². The molecule has 2 amide bonds. The van der Waals surface area contributed by atoms with Crippen molar-refractivity contribution in [2.45, 2.75) is 24.4 Å². The van der Waals surface area contributed by atoms with Crippen LogP contribution in [0.4, 0.5) is 5.69 Å². The molecule has 36 heavy (non-hydrogen) atoms. The summed E-state index contributed by atoms with van der Waals surface area (Å²) in [5.74, 6) is -0.660. The van der Waals surface area contributed by atoms with Gasteiger partial charge in [0.2, 0.25) is 11.8 Å². The zero-order chi connectivity index (χ0) is 26.3. The van der Waals surface area contributed by atoms with Crippen LogP contribution in [0.25, 0.3) is 0 Å². The highest BCUT2D eigenvalue weighted by molar-refractivity contribution is 7.92. The zero-order valence-electron chi connectivity index (χ0n) is 20.2. The van der Waals surface area contributed by atoms with Crippen LogP contribution in [0.1, 0.15) is 12.5 Å². The van der Waals surface area contributed by atoms with E-state index in [0.29, 0.717) is 5.02 Å². The number of nitrogens with one attached hydrogen (secondary N) is 1. The summed E-state index contributed by atoms with van der Waals surface area (Å²) in [6, 6.07) is 20.4. The van der Waals surface area contributed by atoms with Crippen molar-refractivity contribution in [1.82, 2.24) is 10.2 Å². The number of ether oxygens (including phenoxy) is 1. The third-order valence-corrected chi connectivity index (χ3v) is 7.67. The van der Waals surface area contributed by atoms with Crippen molar-refractivity contribution in [3.63, 3.8) is 0 Å². The number of anilines is 1. The molecule has 3 rings (SSSR count). The number of likely N-dealkylation sites (N-methyl/N-ethyl adjacent to an activating group) is 1. The third kappa shape index (κ3) is 6.16. The van der Waals surface area contributed by atoms with Crippen LogP contribution >= 0.6 is 11.6 Å². The molecule has 0 aliphatic rings. The van der Waals surface area contributed by atoms with Gasteiger partial charge in [-0.15, -0.1) is 0 Å². The van der Waals surface area contributed by atoms with Crippen LogP contribution < -0.4 is 14.4 Å². The average molecular weight is 530 g/mol. The molecule has 0 spiro atoms. The van der Waals surface area contributed by atoms with Gasteiger partial charge in [0.15, 0.2) is 0 Å². The number of carbonyl (C=O) groups excluding carboxylic acids is 2. The maximum atomic E-state index is 13.7. The van der Waals surface area contributed by atoms with E-state index in [1.807, 2.05) is 0 Å². The second-order valence-electron chi connectivity index (χ2n) is 7.93. The summed E-state index contributed by atoms with van der Waals surface area (Å²) in [6.45, 7) is 1.12. The molecule has 0 aliphatic heterocycles. The third-order valence-electron chi connectivity index (χ3n) is 5.64. The van der Waals surface area contributed by atoms with Crippen molar-refractivity contribution in [2.75, 3.05) is 25.0 Å². The fourth-order valence-corrected chi connectivity index (χ4v) is 5.22. The summed E-state index contributed by atoms with van der Waals surface area (Å²) in [4.78, 5) is 27.6. The van der Waals surface area contributed by atoms with Gasteiger partial charge in [-0.3, -0.25) is 13.9 Å². The van der Waals surface area contributed by atoms with Crippen molar-refractivity contribution in [3.05, 3.63) is 89.4 Å². The van der Waals surface area contributed by atoms with Crippen molar-refractivity contribution >= 4 is 39.1 Å². The molecule has 0 fully saturated rings. The molecule has 3 aromatic carbocycles. The van der Waals surface area contributed by atoms with Gasteiger partial charge in [0.25, 0.3) is 10.0 Å². The lowest BCUT2D eigenvalue weighted by Gasteiger charge is -2.32. The van der Waals surface area contributed by atoms with Gasteiger partial charge in [-0.2, -0.15) is 0 Å². The SMILES string of the molecule is CNC(=O)[C@@H](C)N(Cc1ccc(Cl)cc1)C(=O)CN(c1ccccc1OC)S(=O)(=O)c1ccccc1. The first-order chi connectivity index (χ1) is 17.2. The number of benzene rings is 3. The van der Waals surface area contributed by atoms with E-state index >= 15 is 0 Å². The molecule has 3 aromatic rings. The highest BCUT2D eigenvalue weighted by atomic mass is 35.5. The summed E-state index contributed by atoms with van der Waals surface area (Å²) >= 11 is 5.99. The van der Waals surface area contributed by atoms with Gasteiger partial charge in [-0.1, -0.05) is 54.1 Å². The molecule has 1 N–H and O–H groups in total. The number of halogens is 1. The van der Waals surface area contributed by atoms with Crippen molar-refractivity contribution < 1.29 is 22.7 Å². The highest BCUT2D eigenvalue weighted by Crippen LogP contribution is 2.32. The smallest absolute Gasteiger partial charge is 0.264 e. The number of nitrogens with zero attached hydrogens (tertiary/aromatic N) is 2. The normalized spacial score (nSPS) is 11.9. The maximum absolute atomic E-state index is 13.7. The monoisotopic (exact) mass is 529 g/mol. The molecule has 0 unspecified atom stereocenters. The second-order valence-corrected chi connectivity index (χ2v) is 10.2. The number of carbonyl (C=O) groups is 2. The van der Waals surface area contributed by atoms with E-state index in [0.717, 1.165) is 9.87 Å². The Labute approximate surface area is 216 Å². The summed E-state index contributed by atoms with van der Waals surface area (Å²) in [5, 5.41) is 3.08. The minimum atomic E-state index is -4.16. The highest BCUT2D eigenvalue weighted by Gasteiger charge is 2.33. The Morgan fingerprint density at radius 1 is 0.972 bits per heavy atom. The molecular formula is C26H28ClN3O5S. The van der Waals surface area contributed by atoms with Gasteiger partial charge < -0.3 is 15.0 Å². The fourth-order valence-electron chi connectivity index (χ4n) is 3.65. The van der Waals surface area contributed by atoms with Crippen LogP contribution in [-0.2, 0) is 26.2 Å². The van der Waals surface area contributed by atoms with Gasteiger partial charge >= 0.3 is 0 Å². The minimum Gasteiger partial charge on any atom is -0.495 e. The van der Waals surface area contributed by atoms with E-state index in [2.05, 4.69) is 5.32 Å². The molecule has 10 heteroatoms. The Bertz CT molecular complexity index is 1300. The molecule has 0 bridgehead atoms. The summed E-state index contributed by atoms with van der Waals surface area (Å²) in [7, 11) is -1.26. The van der Waals surface area contributed by atoms with Crippen LogP contribution in [0.2, 0.25) is 5.02 Å². The molecule has 0 aliphatic carbocycles. The molecule has 0 radical (unpaired) electrons. The van der Waals surface area contributed by atoms with Crippen LogP contribution in [0.5, 0.6) is 5.75 Å². The summed E-state index contributed by atoms with van der Waals surface area (Å²) in [6.07, 6.45) is 0. The second kappa shape index (κ2) is 11.9. The average Bonchev–Trinajstić information content (AvgIpc) is 2.90. The lowest BCUT2D eigenvalue weighted by molar-refractivity contribution is -0.139. The maximum Gasteiger partial charge on any atom is 0.264 e. The van der Waals surface area contributed by atoms with Crippen molar-refractivity contribution in [1.29, 1.82) is 0 Å². The molecular weight excluding hydrogens is 502 g/mol. The topological polar surface area (TPSA) is 96.0 Å². The van der Waals surface area contributed by atoms with Crippen LogP contribution in [0, 0.1) is 0 Å². The van der Waals surface area contributed by atoms with E-state index < -0.39 is 28.5 Å². The van der Waals surface area contributed by atoms with Gasteiger partial charge in [-0.05, 0) is 48.9 Å². The predicted octanol–water partition coefficient (Wildman–Crippen LogP) is 3.71. The van der Waals surface area contributed by atoms with Crippen LogP contribution in [0.15, 0.2) is 83.8 Å². The molecule has 0 saturated carbocycles. The Balaban J connectivity index is 2.05. The lowest BCUT2D eigenvalue weighted by atomic mass is 10.1. The van der Waals surface area contributed by atoms with Crippen LogP contribution in [-0.4, -0.2) is 51.9 Å². The number of sulfonamides is 1. The number of hydrogen-bond acceptors (Lipinski definition) is 5. The molecule has 1 atom stereocenters. The van der Waals surface area contributed by atoms with Gasteiger partial charge in [0, 0.05) is 18.6 Å². The Morgan fingerprint density at radius 3 is 2.19 bits per heavy atom. The Kier molecular flexibility index (Phi) is 8.95. The number of hydrogen-bond donors (Lipinski definition) is 1. The molecule has 8 nitrogen and oxygen atoms in total. The Hall–Kier alpha value is -3.56. The number of amides is 2. The first-order valence-electron chi connectivity index (χ1n) is 11.2. The quantitative estimate of drug-likeness (QED) is 0.432.